The van der Waals surface area contributed by atoms with E-state index in [1.54, 1.807) is 0 Å². The standard InChI is InChI=1S/C18H26N2O2/c1-12(2)13-3-4-17-16(9-13)20-18(21)10-14-5-7-19-11-15(14)6-8-22-17/h3-4,9,12,14-15,19H,5-8,10-11H2,1-2H3,(H,20,21)/t14-,15-/m0/s1. The molecule has 0 radical (unpaired) electrons. The van der Waals surface area contributed by atoms with Crippen molar-refractivity contribution in [2.24, 2.45) is 11.8 Å². The fraction of sp³-hybridized carbons (Fsp3) is 0.611. The van der Waals surface area contributed by atoms with Crippen molar-refractivity contribution < 1.29 is 9.53 Å². The lowest BCUT2D eigenvalue weighted by molar-refractivity contribution is -0.117. The molecule has 1 aromatic rings. The Hall–Kier alpha value is -1.55. The predicted molar refractivity (Wildman–Crippen MR) is 88.4 cm³/mol. The van der Waals surface area contributed by atoms with Gasteiger partial charge in [-0.15, -0.1) is 0 Å². The van der Waals surface area contributed by atoms with E-state index in [1.807, 2.05) is 6.07 Å². The van der Waals surface area contributed by atoms with E-state index in [4.69, 9.17) is 4.74 Å². The number of ether oxygens (including phenoxy) is 1. The number of piperidine rings is 1. The number of amides is 1. The van der Waals surface area contributed by atoms with Crippen LogP contribution >= 0.6 is 0 Å². The van der Waals surface area contributed by atoms with Crippen LogP contribution in [0.4, 0.5) is 5.69 Å². The van der Waals surface area contributed by atoms with Crippen LogP contribution in [0.15, 0.2) is 18.2 Å². The molecule has 0 aromatic heterocycles. The van der Waals surface area contributed by atoms with Crippen LogP contribution < -0.4 is 15.4 Å². The normalized spacial score (nSPS) is 25.7. The fourth-order valence-electron chi connectivity index (χ4n) is 3.47. The van der Waals surface area contributed by atoms with Gasteiger partial charge in [0.2, 0.25) is 5.91 Å². The molecule has 4 nitrogen and oxygen atoms in total. The van der Waals surface area contributed by atoms with Crippen molar-refractivity contribution in [1.29, 1.82) is 0 Å². The van der Waals surface area contributed by atoms with E-state index in [0.717, 1.165) is 37.4 Å². The second kappa shape index (κ2) is 6.69. The molecule has 120 valence electrons. The van der Waals surface area contributed by atoms with Crippen LogP contribution in [-0.2, 0) is 4.79 Å². The third-order valence-corrected chi connectivity index (χ3v) is 4.90. The van der Waals surface area contributed by atoms with Crippen LogP contribution in [0.1, 0.15) is 44.6 Å². The number of carbonyl (C=O) groups is 1. The highest BCUT2D eigenvalue weighted by atomic mass is 16.5. The SMILES string of the molecule is CC(C)c1ccc2c(c1)NC(=O)C[C@@H]1CCNC[C@@H]1CCO2. The maximum atomic E-state index is 12.4. The highest BCUT2D eigenvalue weighted by Crippen LogP contribution is 2.32. The number of hydrogen-bond acceptors (Lipinski definition) is 3. The second-order valence-electron chi connectivity index (χ2n) is 6.81. The summed E-state index contributed by atoms with van der Waals surface area (Å²) in [4.78, 5) is 12.4. The molecule has 0 saturated carbocycles. The summed E-state index contributed by atoms with van der Waals surface area (Å²) in [5.41, 5.74) is 2.04. The van der Waals surface area contributed by atoms with Crippen LogP contribution in [0.5, 0.6) is 5.75 Å². The minimum Gasteiger partial charge on any atom is -0.491 e. The molecule has 1 aromatic carbocycles. The first-order valence-electron chi connectivity index (χ1n) is 8.41. The van der Waals surface area contributed by atoms with Gasteiger partial charge in [0.05, 0.1) is 12.3 Å². The van der Waals surface area contributed by atoms with Crippen LogP contribution in [0.3, 0.4) is 0 Å². The van der Waals surface area contributed by atoms with Gasteiger partial charge in [-0.3, -0.25) is 4.79 Å². The molecular formula is C18H26N2O2. The molecule has 1 saturated heterocycles. The molecule has 3 rings (SSSR count). The maximum absolute atomic E-state index is 12.4. The monoisotopic (exact) mass is 302 g/mol. The maximum Gasteiger partial charge on any atom is 0.224 e. The first-order valence-corrected chi connectivity index (χ1v) is 8.41. The largest absolute Gasteiger partial charge is 0.491 e. The molecule has 2 heterocycles. The highest BCUT2D eigenvalue weighted by Gasteiger charge is 2.28. The van der Waals surface area contributed by atoms with E-state index in [-0.39, 0.29) is 5.91 Å². The molecule has 0 aliphatic carbocycles. The van der Waals surface area contributed by atoms with Gasteiger partial charge in [-0.2, -0.15) is 0 Å². The average Bonchev–Trinajstić information content (AvgIpc) is 2.50. The van der Waals surface area contributed by atoms with E-state index in [9.17, 15) is 4.79 Å². The molecule has 1 fully saturated rings. The Morgan fingerprint density at radius 2 is 2.09 bits per heavy atom. The van der Waals surface area contributed by atoms with Gasteiger partial charge in [-0.05, 0) is 61.4 Å². The second-order valence-corrected chi connectivity index (χ2v) is 6.81. The Morgan fingerprint density at radius 3 is 2.91 bits per heavy atom. The van der Waals surface area contributed by atoms with Gasteiger partial charge in [0.15, 0.2) is 0 Å². The Balaban J connectivity index is 1.83. The molecule has 2 aliphatic rings. The van der Waals surface area contributed by atoms with Crippen LogP contribution in [0.2, 0.25) is 0 Å². The van der Waals surface area contributed by atoms with Crippen molar-refractivity contribution in [2.45, 2.75) is 39.0 Å². The first-order chi connectivity index (χ1) is 10.6. The minimum atomic E-state index is 0.115. The average molecular weight is 302 g/mol. The number of benzene rings is 1. The zero-order valence-electron chi connectivity index (χ0n) is 13.5. The number of carbonyl (C=O) groups excluding carboxylic acids is 1. The summed E-state index contributed by atoms with van der Waals surface area (Å²) in [5, 5.41) is 6.51. The lowest BCUT2D eigenvalue weighted by atomic mass is 9.82. The summed E-state index contributed by atoms with van der Waals surface area (Å²) in [7, 11) is 0. The topological polar surface area (TPSA) is 50.4 Å². The van der Waals surface area contributed by atoms with Gasteiger partial charge >= 0.3 is 0 Å². The molecule has 22 heavy (non-hydrogen) atoms. The summed E-state index contributed by atoms with van der Waals surface area (Å²) in [6.45, 7) is 7.05. The summed E-state index contributed by atoms with van der Waals surface area (Å²) in [6, 6.07) is 6.13. The number of fused-ring (bicyclic) bond motifs is 2. The van der Waals surface area contributed by atoms with Gasteiger partial charge in [0, 0.05) is 6.42 Å². The van der Waals surface area contributed by atoms with Gasteiger partial charge in [0.25, 0.3) is 0 Å². The third kappa shape index (κ3) is 3.43. The number of hydrogen-bond donors (Lipinski definition) is 2. The molecule has 2 atom stereocenters. The molecular weight excluding hydrogens is 276 g/mol. The van der Waals surface area contributed by atoms with E-state index >= 15 is 0 Å². The van der Waals surface area contributed by atoms with Crippen LogP contribution in [0.25, 0.3) is 0 Å². The van der Waals surface area contributed by atoms with Gasteiger partial charge in [-0.25, -0.2) is 0 Å². The molecule has 0 bridgehead atoms. The zero-order chi connectivity index (χ0) is 15.5. The Bertz CT molecular complexity index is 542. The fourth-order valence-corrected chi connectivity index (χ4v) is 3.47. The molecule has 2 aliphatic heterocycles. The zero-order valence-corrected chi connectivity index (χ0v) is 13.5. The third-order valence-electron chi connectivity index (χ3n) is 4.90. The Kier molecular flexibility index (Phi) is 4.67. The summed E-state index contributed by atoms with van der Waals surface area (Å²) >= 11 is 0. The highest BCUT2D eigenvalue weighted by molar-refractivity contribution is 5.92. The molecule has 2 N–H and O–H groups in total. The van der Waals surface area contributed by atoms with Gasteiger partial charge in [0.1, 0.15) is 5.75 Å². The van der Waals surface area contributed by atoms with Gasteiger partial charge in [-0.1, -0.05) is 19.9 Å². The van der Waals surface area contributed by atoms with Crippen molar-refractivity contribution in [2.75, 3.05) is 25.0 Å². The quantitative estimate of drug-likeness (QED) is 0.838. The van der Waals surface area contributed by atoms with Crippen molar-refractivity contribution in [3.05, 3.63) is 23.8 Å². The Labute approximate surface area is 132 Å². The number of rotatable bonds is 1. The van der Waals surface area contributed by atoms with Crippen molar-refractivity contribution >= 4 is 11.6 Å². The molecule has 0 spiro atoms. The van der Waals surface area contributed by atoms with Gasteiger partial charge < -0.3 is 15.4 Å². The van der Waals surface area contributed by atoms with Crippen molar-refractivity contribution in [1.82, 2.24) is 5.32 Å². The van der Waals surface area contributed by atoms with E-state index in [2.05, 4.69) is 36.6 Å². The van der Waals surface area contributed by atoms with E-state index in [1.165, 1.54) is 5.56 Å². The van der Waals surface area contributed by atoms with Crippen molar-refractivity contribution in [3.8, 4) is 5.75 Å². The number of anilines is 1. The number of nitrogens with one attached hydrogen (secondary N) is 2. The molecule has 4 heteroatoms. The summed E-state index contributed by atoms with van der Waals surface area (Å²) < 4.78 is 5.95. The summed E-state index contributed by atoms with van der Waals surface area (Å²) in [5.74, 6) is 2.35. The first kappa shape index (κ1) is 15.3. The van der Waals surface area contributed by atoms with Crippen LogP contribution in [-0.4, -0.2) is 25.6 Å². The molecule has 0 unspecified atom stereocenters. The lowest BCUT2D eigenvalue weighted by Gasteiger charge is -2.32. The summed E-state index contributed by atoms with van der Waals surface area (Å²) in [6.07, 6.45) is 2.71. The Morgan fingerprint density at radius 1 is 1.23 bits per heavy atom. The van der Waals surface area contributed by atoms with E-state index in [0.29, 0.717) is 30.8 Å². The van der Waals surface area contributed by atoms with Crippen LogP contribution in [0, 0.1) is 11.8 Å². The lowest BCUT2D eigenvalue weighted by Crippen LogP contribution is -2.39. The smallest absolute Gasteiger partial charge is 0.224 e. The van der Waals surface area contributed by atoms with Crippen molar-refractivity contribution in [3.63, 3.8) is 0 Å². The van der Waals surface area contributed by atoms with E-state index < -0.39 is 0 Å². The minimum absolute atomic E-state index is 0.115. The predicted octanol–water partition coefficient (Wildman–Crippen LogP) is 3.15. The molecule has 1 amide bonds.